The topological polar surface area (TPSA) is 20.2 Å². The summed E-state index contributed by atoms with van der Waals surface area (Å²) < 4.78 is 0. The molecule has 10 heavy (non-hydrogen) atoms. The minimum Gasteiger partial charge on any atom is -0.396 e. The molecule has 0 aliphatic carbocycles. The maximum atomic E-state index is 8.43. The Hall–Kier alpha value is 0.390. The average Bonchev–Trinajstić information content (AvgIpc) is 1.80. The molecule has 0 amide bonds. The molecule has 0 bridgehead atoms. The van der Waals surface area contributed by atoms with Crippen molar-refractivity contribution in [3.8, 4) is 0 Å². The fraction of sp³-hybridized carbons (Fsp3) is 1.00. The van der Waals surface area contributed by atoms with Crippen LogP contribution in [-0.2, 0) is 0 Å². The number of aliphatic hydroxyl groups excluding tert-OH is 1. The number of aliphatic hydroxyl groups is 1. The van der Waals surface area contributed by atoms with Crippen LogP contribution in [0.3, 0.4) is 0 Å². The van der Waals surface area contributed by atoms with Gasteiger partial charge >= 0.3 is 0 Å². The van der Waals surface area contributed by atoms with E-state index in [0.717, 1.165) is 12.3 Å². The van der Waals surface area contributed by atoms with Gasteiger partial charge in [-0.3, -0.25) is 0 Å². The molecule has 0 radical (unpaired) electrons. The number of hydrogen-bond donors (Lipinski definition) is 1. The van der Waals surface area contributed by atoms with Crippen LogP contribution in [0, 0.1) is 5.92 Å². The molecular formula is C8H21OP. The van der Waals surface area contributed by atoms with Crippen LogP contribution in [0.5, 0.6) is 0 Å². The molecule has 1 nitrogen and oxygen atoms in total. The molecule has 0 saturated heterocycles. The summed E-state index contributed by atoms with van der Waals surface area (Å²) in [6.45, 7) is 4.83. The summed E-state index contributed by atoms with van der Waals surface area (Å²) in [7, 11) is 0. The van der Waals surface area contributed by atoms with E-state index >= 15 is 0 Å². The molecule has 0 rings (SSSR count). The quantitative estimate of drug-likeness (QED) is 0.488. The van der Waals surface area contributed by atoms with E-state index in [1.165, 1.54) is 19.3 Å². The molecule has 0 aromatic carbocycles. The zero-order valence-electron chi connectivity index (χ0n) is 7.27. The smallest absolute Gasteiger partial charge is 0.0431 e. The second-order valence-corrected chi connectivity index (χ2v) is 2.97. The van der Waals surface area contributed by atoms with Crippen molar-refractivity contribution in [1.29, 1.82) is 0 Å². The molecule has 64 valence electrons. The van der Waals surface area contributed by atoms with Crippen molar-refractivity contribution in [3.05, 3.63) is 0 Å². The largest absolute Gasteiger partial charge is 0.396 e. The zero-order valence-corrected chi connectivity index (χ0v) is 8.68. The van der Waals surface area contributed by atoms with Gasteiger partial charge in [0.25, 0.3) is 0 Å². The van der Waals surface area contributed by atoms with Crippen LogP contribution >= 0.6 is 9.90 Å². The van der Waals surface area contributed by atoms with E-state index in [-0.39, 0.29) is 9.90 Å². The van der Waals surface area contributed by atoms with Gasteiger partial charge in [-0.15, -0.1) is 0 Å². The lowest BCUT2D eigenvalue weighted by molar-refractivity contribution is 0.281. The van der Waals surface area contributed by atoms with Gasteiger partial charge in [0.15, 0.2) is 0 Å². The van der Waals surface area contributed by atoms with Gasteiger partial charge in [-0.1, -0.05) is 33.1 Å². The molecule has 1 atom stereocenters. The van der Waals surface area contributed by atoms with E-state index in [4.69, 9.17) is 5.11 Å². The average molecular weight is 164 g/mol. The van der Waals surface area contributed by atoms with Gasteiger partial charge in [0.2, 0.25) is 0 Å². The lowest BCUT2D eigenvalue weighted by Gasteiger charge is -2.01. The van der Waals surface area contributed by atoms with Crippen molar-refractivity contribution >= 4 is 9.90 Å². The van der Waals surface area contributed by atoms with Crippen LogP contribution in [0.4, 0.5) is 0 Å². The Balaban J connectivity index is 0. The second-order valence-electron chi connectivity index (χ2n) is 2.97. The number of rotatable bonds is 5. The maximum Gasteiger partial charge on any atom is 0.0431 e. The van der Waals surface area contributed by atoms with Crippen molar-refractivity contribution in [2.45, 2.75) is 39.5 Å². The van der Waals surface area contributed by atoms with E-state index in [1.807, 2.05) is 0 Å². The predicted molar refractivity (Wildman–Crippen MR) is 51.5 cm³/mol. The molecule has 0 aliphatic rings. The molecule has 0 aromatic heterocycles. The van der Waals surface area contributed by atoms with Crippen LogP contribution in [0.25, 0.3) is 0 Å². The Kier molecular flexibility index (Phi) is 12.2. The predicted octanol–water partition coefficient (Wildman–Crippen LogP) is 2.25. The first-order chi connectivity index (χ1) is 4.27. The Morgan fingerprint density at radius 1 is 1.10 bits per heavy atom. The minimum atomic E-state index is 0. The van der Waals surface area contributed by atoms with Gasteiger partial charge in [0, 0.05) is 6.61 Å². The molecule has 0 saturated carbocycles. The molecule has 2 heteroatoms. The van der Waals surface area contributed by atoms with Crippen molar-refractivity contribution in [2.75, 3.05) is 6.61 Å². The summed E-state index contributed by atoms with van der Waals surface area (Å²) >= 11 is 0. The van der Waals surface area contributed by atoms with E-state index in [9.17, 15) is 0 Å². The van der Waals surface area contributed by atoms with Crippen molar-refractivity contribution in [2.24, 2.45) is 5.92 Å². The van der Waals surface area contributed by atoms with Crippen LogP contribution < -0.4 is 0 Å². The highest BCUT2D eigenvalue weighted by Gasteiger charge is 1.92. The van der Waals surface area contributed by atoms with Gasteiger partial charge in [-0.25, -0.2) is 0 Å². The molecule has 0 aromatic rings. The molecule has 0 spiro atoms. The number of hydrogen-bond acceptors (Lipinski definition) is 1. The maximum absolute atomic E-state index is 8.43. The normalized spacial score (nSPS) is 9.60. The molecule has 0 heterocycles. The third-order valence-corrected chi connectivity index (χ3v) is 1.44. The fourth-order valence-corrected chi connectivity index (χ4v) is 0.841. The number of unbranched alkanes of at least 4 members (excludes halogenated alkanes) is 2. The van der Waals surface area contributed by atoms with Crippen molar-refractivity contribution in [3.63, 3.8) is 0 Å². The molecule has 0 fully saturated rings. The first-order valence-corrected chi connectivity index (χ1v) is 3.88. The van der Waals surface area contributed by atoms with Gasteiger partial charge < -0.3 is 5.11 Å². The third kappa shape index (κ3) is 11.2. The monoisotopic (exact) mass is 164 g/mol. The van der Waals surface area contributed by atoms with Gasteiger partial charge in [-0.2, -0.15) is 9.90 Å². The third-order valence-electron chi connectivity index (χ3n) is 1.44. The highest BCUT2D eigenvalue weighted by Crippen LogP contribution is 2.06. The summed E-state index contributed by atoms with van der Waals surface area (Å²) in [5.74, 6) is 0.823. The summed E-state index contributed by atoms with van der Waals surface area (Å²) in [6.07, 6.45) is 4.75. The van der Waals surface area contributed by atoms with Gasteiger partial charge in [0.1, 0.15) is 0 Å². The van der Waals surface area contributed by atoms with Gasteiger partial charge in [-0.05, 0) is 12.3 Å². The van der Waals surface area contributed by atoms with E-state index in [0.29, 0.717) is 6.61 Å². The van der Waals surface area contributed by atoms with E-state index in [1.54, 1.807) is 0 Å². The lowest BCUT2D eigenvalue weighted by Crippen LogP contribution is -1.88. The van der Waals surface area contributed by atoms with Crippen LogP contribution in [0.15, 0.2) is 0 Å². The Bertz CT molecular complexity index is 55.2. The molecule has 1 N–H and O–H groups in total. The Labute approximate surface area is 67.8 Å². The van der Waals surface area contributed by atoms with Crippen molar-refractivity contribution < 1.29 is 5.11 Å². The van der Waals surface area contributed by atoms with E-state index < -0.39 is 0 Å². The van der Waals surface area contributed by atoms with Crippen molar-refractivity contribution in [1.82, 2.24) is 0 Å². The minimum absolute atomic E-state index is 0. The first kappa shape index (κ1) is 13.0. The summed E-state index contributed by atoms with van der Waals surface area (Å²) in [6, 6.07) is 0. The zero-order chi connectivity index (χ0) is 7.11. The summed E-state index contributed by atoms with van der Waals surface area (Å²) in [5.41, 5.74) is 0. The molecular weight excluding hydrogens is 143 g/mol. The lowest BCUT2D eigenvalue weighted by atomic mass is 10.1. The summed E-state index contributed by atoms with van der Waals surface area (Å²) in [4.78, 5) is 0. The summed E-state index contributed by atoms with van der Waals surface area (Å²) in [5, 5.41) is 8.43. The van der Waals surface area contributed by atoms with Crippen LogP contribution in [0.2, 0.25) is 0 Å². The molecule has 1 unspecified atom stereocenters. The SMILES string of the molecule is CC(C)CCCCCO.P. The fourth-order valence-electron chi connectivity index (χ4n) is 0.841. The highest BCUT2D eigenvalue weighted by molar-refractivity contribution is 6.92. The Morgan fingerprint density at radius 3 is 2.10 bits per heavy atom. The van der Waals surface area contributed by atoms with Crippen LogP contribution in [0.1, 0.15) is 39.5 Å². The second kappa shape index (κ2) is 9.39. The Morgan fingerprint density at radius 2 is 1.70 bits per heavy atom. The first-order valence-electron chi connectivity index (χ1n) is 3.88. The highest BCUT2D eigenvalue weighted by atomic mass is 31.0. The van der Waals surface area contributed by atoms with Crippen LogP contribution in [-0.4, -0.2) is 11.7 Å². The molecule has 0 aliphatic heterocycles. The van der Waals surface area contributed by atoms with E-state index in [2.05, 4.69) is 13.8 Å². The standard InChI is InChI=1S/C8H18O.H3P/c1-8(2)6-4-3-5-7-9;/h8-9H,3-7H2,1-2H3;1H3. The van der Waals surface area contributed by atoms with Gasteiger partial charge in [0.05, 0.1) is 0 Å².